The number of aromatic nitrogens is 3. The summed E-state index contributed by atoms with van der Waals surface area (Å²) in [5.74, 6) is 0.608. The summed E-state index contributed by atoms with van der Waals surface area (Å²) in [4.78, 5) is 17.6. The van der Waals surface area contributed by atoms with Gasteiger partial charge in [0.15, 0.2) is 5.82 Å². The van der Waals surface area contributed by atoms with Gasteiger partial charge in [-0.3, -0.25) is 0 Å². The van der Waals surface area contributed by atoms with Gasteiger partial charge in [0.05, 0.1) is 28.3 Å². The third kappa shape index (κ3) is 3.97. The average Bonchev–Trinajstić information content (AvgIpc) is 3.06. The molecule has 0 saturated heterocycles. The van der Waals surface area contributed by atoms with Gasteiger partial charge in [-0.25, -0.2) is 15.0 Å². The van der Waals surface area contributed by atoms with Gasteiger partial charge in [-0.1, -0.05) is 103 Å². The summed E-state index contributed by atoms with van der Waals surface area (Å²) in [6.45, 7) is 0. The van der Waals surface area contributed by atoms with Crippen molar-refractivity contribution in [3.05, 3.63) is 146 Å². The number of hydrogen-bond acceptors (Lipinski definition) is 4. The Labute approximate surface area is 238 Å². The fourth-order valence-corrected chi connectivity index (χ4v) is 5.74. The Morgan fingerprint density at radius 1 is 0.415 bits per heavy atom. The standard InChI is InChI=1S/C37H24N4/c1-4-13-25(14-5-1)31-24-32(26-15-6-2-7-16-26)40-37(39-31)33-23-29-28-19-10-11-21-34(28)41(27-17-8-3-9-18-27)35-22-12-20-30(38-33)36(29)35/h1-24H. The maximum atomic E-state index is 5.17. The van der Waals surface area contributed by atoms with E-state index in [1.165, 1.54) is 0 Å². The van der Waals surface area contributed by atoms with Crippen LogP contribution in [0.15, 0.2) is 146 Å². The number of fused-ring (bicyclic) bond motifs is 2. The van der Waals surface area contributed by atoms with Crippen molar-refractivity contribution in [2.45, 2.75) is 0 Å². The van der Waals surface area contributed by atoms with Crippen LogP contribution in [0.3, 0.4) is 0 Å². The molecule has 3 heterocycles. The molecule has 0 bridgehead atoms. The van der Waals surface area contributed by atoms with Crippen LogP contribution in [-0.2, 0) is 0 Å². The predicted molar refractivity (Wildman–Crippen MR) is 167 cm³/mol. The number of para-hydroxylation sites is 2. The Hall–Kier alpha value is -5.61. The van der Waals surface area contributed by atoms with Gasteiger partial charge in [0.2, 0.25) is 0 Å². The fourth-order valence-electron chi connectivity index (χ4n) is 5.74. The topological polar surface area (TPSA) is 41.9 Å². The lowest BCUT2D eigenvalue weighted by atomic mass is 9.92. The molecular weight excluding hydrogens is 500 g/mol. The maximum Gasteiger partial charge on any atom is 0.179 e. The minimum atomic E-state index is 0.608. The largest absolute Gasteiger partial charge is 0.309 e. The third-order valence-corrected chi connectivity index (χ3v) is 7.60. The van der Waals surface area contributed by atoms with Gasteiger partial charge in [0, 0.05) is 27.8 Å². The summed E-state index contributed by atoms with van der Waals surface area (Å²) >= 11 is 0. The van der Waals surface area contributed by atoms with Gasteiger partial charge in [0.25, 0.3) is 0 Å². The van der Waals surface area contributed by atoms with Crippen molar-refractivity contribution in [3.8, 4) is 45.2 Å². The molecular formula is C37H24N4. The molecule has 0 N–H and O–H groups in total. The summed E-state index contributed by atoms with van der Waals surface area (Å²) in [6.07, 6.45) is 0. The molecule has 192 valence electrons. The first-order chi connectivity index (χ1) is 20.3. The number of hydrogen-bond donors (Lipinski definition) is 0. The second-order valence-electron chi connectivity index (χ2n) is 10.1. The van der Waals surface area contributed by atoms with E-state index in [1.54, 1.807) is 0 Å². The zero-order valence-corrected chi connectivity index (χ0v) is 22.1. The van der Waals surface area contributed by atoms with E-state index >= 15 is 0 Å². The molecule has 0 amide bonds. The van der Waals surface area contributed by atoms with Crippen LogP contribution in [0.5, 0.6) is 0 Å². The van der Waals surface area contributed by atoms with Crippen LogP contribution < -0.4 is 4.90 Å². The summed E-state index contributed by atoms with van der Waals surface area (Å²) in [7, 11) is 0. The minimum absolute atomic E-state index is 0.608. The molecule has 8 rings (SSSR count). The molecule has 0 aliphatic carbocycles. The molecule has 4 nitrogen and oxygen atoms in total. The van der Waals surface area contributed by atoms with Crippen LogP contribution in [0.2, 0.25) is 0 Å². The van der Waals surface area contributed by atoms with Crippen molar-refractivity contribution in [1.82, 2.24) is 15.0 Å². The molecule has 5 aromatic carbocycles. The molecule has 41 heavy (non-hydrogen) atoms. The monoisotopic (exact) mass is 524 g/mol. The van der Waals surface area contributed by atoms with Crippen LogP contribution in [0.4, 0.5) is 17.1 Å². The molecule has 7 aromatic rings. The number of benzene rings is 5. The number of rotatable bonds is 4. The SMILES string of the molecule is c1ccc(-c2cc(-c3ccccc3)nc(-c3cc4c5c(cccc5n3)N(c3ccccc3)c3ccccc3-4)n2)cc1. The Morgan fingerprint density at radius 2 is 1.00 bits per heavy atom. The molecule has 1 aliphatic rings. The van der Waals surface area contributed by atoms with Crippen LogP contribution >= 0.6 is 0 Å². The summed E-state index contributed by atoms with van der Waals surface area (Å²) < 4.78 is 0. The average molecular weight is 525 g/mol. The van der Waals surface area contributed by atoms with Crippen LogP contribution in [0.25, 0.3) is 56.1 Å². The quantitative estimate of drug-likeness (QED) is 0.230. The van der Waals surface area contributed by atoms with Crippen molar-refractivity contribution >= 4 is 28.0 Å². The number of pyridine rings is 1. The highest BCUT2D eigenvalue weighted by Crippen LogP contribution is 2.51. The van der Waals surface area contributed by atoms with Gasteiger partial charge in [-0.05, 0) is 48.0 Å². The lowest BCUT2D eigenvalue weighted by Crippen LogP contribution is -2.15. The molecule has 0 atom stereocenters. The van der Waals surface area contributed by atoms with Crippen LogP contribution in [-0.4, -0.2) is 15.0 Å². The lowest BCUT2D eigenvalue weighted by molar-refractivity contribution is 1.16. The highest BCUT2D eigenvalue weighted by Gasteiger charge is 2.27. The van der Waals surface area contributed by atoms with E-state index < -0.39 is 0 Å². The number of anilines is 3. The molecule has 4 heteroatoms. The summed E-state index contributed by atoms with van der Waals surface area (Å²) in [5.41, 5.74) is 11.2. The van der Waals surface area contributed by atoms with E-state index in [2.05, 4.69) is 114 Å². The third-order valence-electron chi connectivity index (χ3n) is 7.60. The zero-order chi connectivity index (χ0) is 27.2. The number of nitrogens with zero attached hydrogens (tertiary/aromatic N) is 4. The van der Waals surface area contributed by atoms with Crippen molar-refractivity contribution in [3.63, 3.8) is 0 Å². The van der Waals surface area contributed by atoms with Crippen molar-refractivity contribution in [2.24, 2.45) is 0 Å². The molecule has 1 aliphatic heterocycles. The fraction of sp³-hybridized carbons (Fsp3) is 0. The van der Waals surface area contributed by atoms with E-state index in [0.717, 1.165) is 67.3 Å². The second kappa shape index (κ2) is 9.54. The predicted octanol–water partition coefficient (Wildman–Crippen LogP) is 9.48. The lowest BCUT2D eigenvalue weighted by Gasteiger charge is -2.33. The Kier molecular flexibility index (Phi) is 5.42. The highest BCUT2D eigenvalue weighted by atomic mass is 15.2. The first kappa shape index (κ1) is 23.3. The highest BCUT2D eigenvalue weighted by molar-refractivity contribution is 6.13. The van der Waals surface area contributed by atoms with Gasteiger partial charge in [-0.2, -0.15) is 0 Å². The molecule has 0 saturated carbocycles. The molecule has 0 unspecified atom stereocenters. The first-order valence-corrected chi connectivity index (χ1v) is 13.7. The maximum absolute atomic E-state index is 5.17. The molecule has 0 radical (unpaired) electrons. The van der Waals surface area contributed by atoms with Crippen molar-refractivity contribution in [1.29, 1.82) is 0 Å². The summed E-state index contributed by atoms with van der Waals surface area (Å²) in [5, 5.41) is 1.13. The normalized spacial score (nSPS) is 11.9. The van der Waals surface area contributed by atoms with E-state index in [0.29, 0.717) is 5.82 Å². The Balaban J connectivity index is 1.38. The smallest absolute Gasteiger partial charge is 0.179 e. The van der Waals surface area contributed by atoms with E-state index in [4.69, 9.17) is 15.0 Å². The van der Waals surface area contributed by atoms with Crippen LogP contribution in [0, 0.1) is 0 Å². The van der Waals surface area contributed by atoms with Crippen LogP contribution in [0.1, 0.15) is 0 Å². The Morgan fingerprint density at radius 3 is 1.68 bits per heavy atom. The van der Waals surface area contributed by atoms with E-state index in [9.17, 15) is 0 Å². The van der Waals surface area contributed by atoms with Gasteiger partial charge >= 0.3 is 0 Å². The van der Waals surface area contributed by atoms with Crippen molar-refractivity contribution < 1.29 is 0 Å². The van der Waals surface area contributed by atoms with Gasteiger partial charge in [-0.15, -0.1) is 0 Å². The van der Waals surface area contributed by atoms with Gasteiger partial charge < -0.3 is 4.90 Å². The molecule has 2 aromatic heterocycles. The van der Waals surface area contributed by atoms with E-state index in [1.807, 2.05) is 36.4 Å². The molecule has 0 spiro atoms. The minimum Gasteiger partial charge on any atom is -0.309 e. The van der Waals surface area contributed by atoms with Crippen molar-refractivity contribution in [2.75, 3.05) is 4.90 Å². The summed E-state index contributed by atoms with van der Waals surface area (Å²) in [6, 6.07) is 50.2. The Bertz CT molecular complexity index is 1980. The van der Waals surface area contributed by atoms with Gasteiger partial charge in [0.1, 0.15) is 5.69 Å². The first-order valence-electron chi connectivity index (χ1n) is 13.7. The zero-order valence-electron chi connectivity index (χ0n) is 22.1. The molecule has 0 fully saturated rings. The second-order valence-corrected chi connectivity index (χ2v) is 10.1. The van der Waals surface area contributed by atoms with E-state index in [-0.39, 0.29) is 0 Å².